The number of benzene rings is 2. The minimum atomic E-state index is -0.368. The molecule has 1 fully saturated rings. The lowest BCUT2D eigenvalue weighted by molar-refractivity contribution is -0.895. The number of amides is 2. The number of nitrogens with one attached hydrogen (secondary N) is 2. The van der Waals surface area contributed by atoms with E-state index in [0.29, 0.717) is 37.4 Å². The van der Waals surface area contributed by atoms with Gasteiger partial charge in [0.2, 0.25) is 5.91 Å². The van der Waals surface area contributed by atoms with E-state index in [4.69, 9.17) is 0 Å². The highest BCUT2D eigenvalue weighted by Crippen LogP contribution is 2.09. The largest absolute Gasteiger partial charge is 0.328 e. The molecule has 0 atom stereocenters. The van der Waals surface area contributed by atoms with Crippen molar-refractivity contribution in [2.75, 3.05) is 38.0 Å². The number of piperazine rings is 1. The maximum Gasteiger partial charge on any atom is 0.279 e. The van der Waals surface area contributed by atoms with Crippen molar-refractivity contribution >= 4 is 23.6 Å². The summed E-state index contributed by atoms with van der Waals surface area (Å²) < 4.78 is 26.5. The molecule has 2 aromatic rings. The molecule has 5 nitrogen and oxygen atoms in total. The van der Waals surface area contributed by atoms with Crippen molar-refractivity contribution in [3.63, 3.8) is 0 Å². The number of anilines is 1. The quantitative estimate of drug-likeness (QED) is 0.763. The topological polar surface area (TPSA) is 53.9 Å². The van der Waals surface area contributed by atoms with Gasteiger partial charge in [0.1, 0.15) is 11.6 Å². The van der Waals surface area contributed by atoms with E-state index in [1.165, 1.54) is 42.5 Å². The molecule has 28 heavy (non-hydrogen) atoms. The third kappa shape index (κ3) is 5.47. The molecule has 7 heteroatoms. The van der Waals surface area contributed by atoms with Crippen molar-refractivity contribution in [3.05, 3.63) is 71.8 Å². The van der Waals surface area contributed by atoms with Crippen LogP contribution < -0.4 is 10.2 Å². The third-order valence-corrected chi connectivity index (χ3v) is 4.63. The molecule has 1 saturated heterocycles. The number of carbonyl (C=O) groups excluding carboxylic acids is 2. The first-order valence-corrected chi connectivity index (χ1v) is 9.12. The highest BCUT2D eigenvalue weighted by atomic mass is 19.1. The molecular weight excluding hydrogens is 364 g/mol. The molecule has 2 N–H and O–H groups in total. The summed E-state index contributed by atoms with van der Waals surface area (Å²) in [6.45, 7) is 2.63. The lowest BCUT2D eigenvalue weighted by Gasteiger charge is -2.31. The first-order chi connectivity index (χ1) is 13.5. The van der Waals surface area contributed by atoms with Crippen LogP contribution in [0.1, 0.15) is 5.56 Å². The SMILES string of the molecule is O=C(C[NH+]1CCN(C(=O)/C=C/c2ccccc2F)CC1)Nc1ccc(F)cc1. The Bertz CT molecular complexity index is 860. The average Bonchev–Trinajstić information content (AvgIpc) is 2.69. The zero-order chi connectivity index (χ0) is 19.9. The lowest BCUT2D eigenvalue weighted by atomic mass is 10.2. The standard InChI is InChI=1S/C21H21F2N3O2/c22-17-6-8-18(9-7-17)24-20(27)15-25-11-13-26(14-12-25)21(28)10-5-16-3-1-2-4-19(16)23/h1-10H,11-15H2,(H,24,27)/p+1/b10-5+. The van der Waals surface area contributed by atoms with Crippen LogP contribution in [0.25, 0.3) is 6.08 Å². The van der Waals surface area contributed by atoms with Crippen LogP contribution in [0.4, 0.5) is 14.5 Å². The van der Waals surface area contributed by atoms with Crippen molar-refractivity contribution in [3.8, 4) is 0 Å². The molecule has 0 bridgehead atoms. The van der Waals surface area contributed by atoms with Gasteiger partial charge in [-0.05, 0) is 36.4 Å². The molecular formula is C21H22F2N3O2+. The predicted molar refractivity (Wildman–Crippen MR) is 103 cm³/mol. The van der Waals surface area contributed by atoms with Crippen LogP contribution in [0, 0.1) is 11.6 Å². The number of carbonyl (C=O) groups is 2. The Labute approximate surface area is 162 Å². The first kappa shape index (κ1) is 19.7. The van der Waals surface area contributed by atoms with Crippen LogP contribution in [-0.4, -0.2) is 49.4 Å². The number of hydrogen-bond acceptors (Lipinski definition) is 2. The highest BCUT2D eigenvalue weighted by Gasteiger charge is 2.24. The maximum absolute atomic E-state index is 13.6. The van der Waals surface area contributed by atoms with Gasteiger partial charge in [-0.25, -0.2) is 8.78 Å². The molecule has 0 radical (unpaired) electrons. The van der Waals surface area contributed by atoms with Crippen molar-refractivity contribution in [2.24, 2.45) is 0 Å². The van der Waals surface area contributed by atoms with Gasteiger partial charge in [-0.1, -0.05) is 18.2 Å². The van der Waals surface area contributed by atoms with Crippen LogP contribution in [0.5, 0.6) is 0 Å². The van der Waals surface area contributed by atoms with Gasteiger partial charge in [0.25, 0.3) is 5.91 Å². The van der Waals surface area contributed by atoms with E-state index >= 15 is 0 Å². The number of quaternary nitrogens is 1. The van der Waals surface area contributed by atoms with Crippen LogP contribution >= 0.6 is 0 Å². The monoisotopic (exact) mass is 386 g/mol. The maximum atomic E-state index is 13.6. The Morgan fingerprint density at radius 1 is 1.04 bits per heavy atom. The zero-order valence-electron chi connectivity index (χ0n) is 15.3. The van der Waals surface area contributed by atoms with Crippen molar-refractivity contribution in [1.29, 1.82) is 0 Å². The molecule has 2 aromatic carbocycles. The van der Waals surface area contributed by atoms with E-state index in [1.54, 1.807) is 23.1 Å². The number of nitrogens with zero attached hydrogens (tertiary/aromatic N) is 1. The van der Waals surface area contributed by atoms with E-state index in [2.05, 4.69) is 5.32 Å². The molecule has 0 unspecified atom stereocenters. The summed E-state index contributed by atoms with van der Waals surface area (Å²) in [7, 11) is 0. The van der Waals surface area contributed by atoms with Gasteiger partial charge in [0.05, 0.1) is 26.2 Å². The molecule has 0 saturated carbocycles. The van der Waals surface area contributed by atoms with E-state index in [0.717, 1.165) is 4.90 Å². The predicted octanol–water partition coefficient (Wildman–Crippen LogP) is 1.34. The molecule has 3 rings (SSSR count). The van der Waals surface area contributed by atoms with E-state index in [-0.39, 0.29) is 30.0 Å². The number of hydrogen-bond donors (Lipinski definition) is 2. The van der Waals surface area contributed by atoms with Crippen LogP contribution in [0.15, 0.2) is 54.6 Å². The van der Waals surface area contributed by atoms with Crippen LogP contribution in [0.2, 0.25) is 0 Å². The Balaban J connectivity index is 1.45. The summed E-state index contributed by atoms with van der Waals surface area (Å²) in [5.74, 6) is -1.04. The zero-order valence-corrected chi connectivity index (χ0v) is 15.3. The minimum Gasteiger partial charge on any atom is -0.328 e. The van der Waals surface area contributed by atoms with Crippen LogP contribution in [-0.2, 0) is 9.59 Å². The fraction of sp³-hybridized carbons (Fsp3) is 0.238. The first-order valence-electron chi connectivity index (χ1n) is 9.12. The summed E-state index contributed by atoms with van der Waals surface area (Å²) in [6.07, 6.45) is 2.86. The van der Waals surface area contributed by atoms with Gasteiger partial charge in [0, 0.05) is 17.3 Å². The van der Waals surface area contributed by atoms with Gasteiger partial charge in [0.15, 0.2) is 6.54 Å². The Kier molecular flexibility index (Phi) is 6.49. The summed E-state index contributed by atoms with van der Waals surface area (Å²) in [4.78, 5) is 27.2. The number of rotatable bonds is 5. The fourth-order valence-electron chi connectivity index (χ4n) is 3.06. The van der Waals surface area contributed by atoms with Gasteiger partial charge in [-0.15, -0.1) is 0 Å². The van der Waals surface area contributed by atoms with Gasteiger partial charge < -0.3 is 15.1 Å². The average molecular weight is 386 g/mol. The molecule has 1 heterocycles. The van der Waals surface area contributed by atoms with E-state index in [9.17, 15) is 18.4 Å². The van der Waals surface area contributed by atoms with Gasteiger partial charge >= 0.3 is 0 Å². The Morgan fingerprint density at radius 3 is 2.39 bits per heavy atom. The summed E-state index contributed by atoms with van der Waals surface area (Å²) in [5, 5.41) is 2.74. The fourth-order valence-corrected chi connectivity index (χ4v) is 3.06. The normalized spacial score (nSPS) is 15.0. The van der Waals surface area contributed by atoms with E-state index in [1.807, 2.05) is 0 Å². The Morgan fingerprint density at radius 2 is 1.71 bits per heavy atom. The second-order valence-electron chi connectivity index (χ2n) is 6.66. The second-order valence-corrected chi connectivity index (χ2v) is 6.66. The Hall–Kier alpha value is -3.06. The molecule has 2 amide bonds. The number of halogens is 2. The smallest absolute Gasteiger partial charge is 0.279 e. The van der Waals surface area contributed by atoms with Crippen molar-refractivity contribution in [1.82, 2.24) is 4.90 Å². The summed E-state index contributed by atoms with van der Waals surface area (Å²) in [6, 6.07) is 11.9. The molecule has 1 aliphatic rings. The highest BCUT2D eigenvalue weighted by molar-refractivity contribution is 5.92. The van der Waals surface area contributed by atoms with E-state index < -0.39 is 0 Å². The van der Waals surface area contributed by atoms with Crippen molar-refractivity contribution in [2.45, 2.75) is 0 Å². The summed E-state index contributed by atoms with van der Waals surface area (Å²) >= 11 is 0. The molecule has 1 aliphatic heterocycles. The van der Waals surface area contributed by atoms with Gasteiger partial charge in [-0.3, -0.25) is 9.59 Å². The third-order valence-electron chi connectivity index (χ3n) is 4.63. The lowest BCUT2D eigenvalue weighted by Crippen LogP contribution is -3.15. The van der Waals surface area contributed by atoms with Gasteiger partial charge in [-0.2, -0.15) is 0 Å². The molecule has 146 valence electrons. The molecule has 0 spiro atoms. The minimum absolute atomic E-state index is 0.152. The summed E-state index contributed by atoms with van der Waals surface area (Å²) in [5.41, 5.74) is 0.926. The van der Waals surface area contributed by atoms with Crippen LogP contribution in [0.3, 0.4) is 0 Å². The van der Waals surface area contributed by atoms with Crippen molar-refractivity contribution < 1.29 is 23.3 Å². The molecule has 0 aliphatic carbocycles. The molecule has 0 aromatic heterocycles. The second kappa shape index (κ2) is 9.23.